The van der Waals surface area contributed by atoms with E-state index < -0.39 is 5.41 Å². The van der Waals surface area contributed by atoms with Crippen LogP contribution in [0.25, 0.3) is 11.8 Å². The van der Waals surface area contributed by atoms with Crippen LogP contribution in [-0.2, 0) is 6.42 Å². The van der Waals surface area contributed by atoms with Gasteiger partial charge in [-0.2, -0.15) is 5.10 Å². The molecular formula is C26H28FN7OS. The summed E-state index contributed by atoms with van der Waals surface area (Å²) >= 11 is 1.46. The zero-order chi connectivity index (χ0) is 25.3. The molecule has 186 valence electrons. The van der Waals surface area contributed by atoms with E-state index in [1.165, 1.54) is 30.3 Å². The van der Waals surface area contributed by atoms with E-state index in [-0.39, 0.29) is 11.6 Å². The maximum absolute atomic E-state index is 14.1. The van der Waals surface area contributed by atoms with Crippen molar-refractivity contribution < 1.29 is 9.18 Å². The molecule has 1 aromatic carbocycles. The molecule has 1 saturated heterocycles. The molecule has 1 unspecified atom stereocenters. The molecule has 2 aromatic heterocycles. The highest BCUT2D eigenvalue weighted by Crippen LogP contribution is 2.47. The van der Waals surface area contributed by atoms with Crippen molar-refractivity contribution in [2.24, 2.45) is 17.0 Å². The number of fused-ring (bicyclic) bond motifs is 2. The van der Waals surface area contributed by atoms with Crippen molar-refractivity contribution in [3.8, 4) is 5.69 Å². The van der Waals surface area contributed by atoms with Crippen molar-refractivity contribution in [3.05, 3.63) is 94.4 Å². The van der Waals surface area contributed by atoms with Crippen LogP contribution in [-0.4, -0.2) is 49.5 Å². The lowest BCUT2D eigenvalue weighted by molar-refractivity contribution is 0.0775. The Bertz CT molecular complexity index is 1320. The second kappa shape index (κ2) is 9.88. The minimum Gasteiger partial charge on any atom is -0.402 e. The van der Waals surface area contributed by atoms with E-state index in [0.29, 0.717) is 31.6 Å². The fourth-order valence-corrected chi connectivity index (χ4v) is 5.92. The van der Waals surface area contributed by atoms with Crippen LogP contribution in [0.15, 0.2) is 71.7 Å². The van der Waals surface area contributed by atoms with Crippen LogP contribution >= 0.6 is 11.9 Å². The molecule has 36 heavy (non-hydrogen) atoms. The van der Waals surface area contributed by atoms with Gasteiger partial charge in [-0.1, -0.05) is 11.6 Å². The molecule has 0 amide bonds. The zero-order valence-electron chi connectivity index (χ0n) is 20.0. The Hall–Kier alpha value is -3.47. The minimum atomic E-state index is -0.797. The Kier molecular flexibility index (Phi) is 6.65. The standard InChI is InChI=1S/C26H28FN7OS/c1-2-33(29)24(15-28)36-32-12-10-19-13-23-18(16-31-34(23)21-8-6-20(27)7-9-21)14-26(19,17-32)25(35)22-5-3-4-11-30-22/h3-9,11,13,15-16H,2,10,12,14,17,28-29H2,1H3/b24-15+. The maximum atomic E-state index is 14.1. The average molecular weight is 506 g/mol. The van der Waals surface area contributed by atoms with Crippen molar-refractivity contribution >= 4 is 23.8 Å². The predicted octanol–water partition coefficient (Wildman–Crippen LogP) is 3.52. The molecule has 3 aromatic rings. The van der Waals surface area contributed by atoms with Crippen LogP contribution in [0.1, 0.15) is 35.1 Å². The summed E-state index contributed by atoms with van der Waals surface area (Å²) in [5.74, 6) is 5.79. The Balaban J connectivity index is 1.54. The van der Waals surface area contributed by atoms with Gasteiger partial charge in [0.05, 0.1) is 23.0 Å². The number of nitrogens with two attached hydrogens (primary N) is 2. The van der Waals surface area contributed by atoms with Crippen molar-refractivity contribution in [1.29, 1.82) is 0 Å². The van der Waals surface area contributed by atoms with Crippen LogP contribution in [0, 0.1) is 11.2 Å². The summed E-state index contributed by atoms with van der Waals surface area (Å²) in [4.78, 5) is 18.5. The summed E-state index contributed by atoms with van der Waals surface area (Å²) < 4.78 is 17.5. The third kappa shape index (κ3) is 4.32. The van der Waals surface area contributed by atoms with Crippen molar-refractivity contribution in [2.75, 3.05) is 19.6 Å². The number of hydrogen-bond acceptors (Lipinski definition) is 8. The molecule has 8 nitrogen and oxygen atoms in total. The molecule has 0 spiro atoms. The SMILES string of the molecule is CCN(N)/C(=C\N)SN1CCC2=Cc3c(cnn3-c3ccc(F)cc3)CC2(C(=O)c2ccccn2)C1. The Morgan fingerprint density at radius 2 is 2.08 bits per heavy atom. The van der Waals surface area contributed by atoms with Crippen molar-refractivity contribution in [2.45, 2.75) is 19.8 Å². The van der Waals surface area contributed by atoms with Gasteiger partial charge in [0.15, 0.2) is 5.78 Å². The summed E-state index contributed by atoms with van der Waals surface area (Å²) in [6.45, 7) is 3.77. The molecular weight excluding hydrogens is 477 g/mol. The second-order valence-electron chi connectivity index (χ2n) is 8.91. The maximum Gasteiger partial charge on any atom is 0.192 e. The van der Waals surface area contributed by atoms with E-state index in [2.05, 4.69) is 20.5 Å². The van der Waals surface area contributed by atoms with Crippen LogP contribution in [0.3, 0.4) is 0 Å². The molecule has 10 heteroatoms. The molecule has 1 aliphatic carbocycles. The number of piperidine rings is 1. The van der Waals surface area contributed by atoms with Gasteiger partial charge in [-0.3, -0.25) is 9.78 Å². The van der Waals surface area contributed by atoms with Gasteiger partial charge in [0.1, 0.15) is 16.5 Å². The summed E-state index contributed by atoms with van der Waals surface area (Å²) in [6.07, 6.45) is 8.21. The number of pyridine rings is 1. The van der Waals surface area contributed by atoms with Gasteiger partial charge in [0.2, 0.25) is 0 Å². The van der Waals surface area contributed by atoms with Gasteiger partial charge in [-0.05, 0) is 79.8 Å². The van der Waals surface area contributed by atoms with E-state index in [0.717, 1.165) is 34.1 Å². The minimum absolute atomic E-state index is 0.0155. The fourth-order valence-electron chi connectivity index (χ4n) is 4.89. The molecule has 5 rings (SSSR count). The van der Waals surface area contributed by atoms with Crippen molar-refractivity contribution in [1.82, 2.24) is 24.1 Å². The molecule has 1 aliphatic heterocycles. The normalized spacial score (nSPS) is 19.9. The third-order valence-corrected chi connectivity index (χ3v) is 7.90. The van der Waals surface area contributed by atoms with Gasteiger partial charge < -0.3 is 10.7 Å². The van der Waals surface area contributed by atoms with Crippen LogP contribution in [0.2, 0.25) is 0 Å². The molecule has 1 fully saturated rings. The first kappa shape index (κ1) is 24.2. The van der Waals surface area contributed by atoms with Crippen molar-refractivity contribution in [3.63, 3.8) is 0 Å². The largest absolute Gasteiger partial charge is 0.402 e. The van der Waals surface area contributed by atoms with Gasteiger partial charge in [-0.25, -0.2) is 19.2 Å². The van der Waals surface area contributed by atoms with E-state index in [1.807, 2.05) is 13.0 Å². The molecule has 0 bridgehead atoms. The van der Waals surface area contributed by atoms with Crippen LogP contribution in [0.4, 0.5) is 4.39 Å². The number of rotatable bonds is 7. The number of benzene rings is 1. The Labute approximate surface area is 213 Å². The lowest BCUT2D eigenvalue weighted by Gasteiger charge is -2.45. The van der Waals surface area contributed by atoms with E-state index in [1.54, 1.807) is 46.3 Å². The molecule has 1 atom stereocenters. The van der Waals surface area contributed by atoms with E-state index in [4.69, 9.17) is 11.6 Å². The van der Waals surface area contributed by atoms with Gasteiger partial charge in [-0.15, -0.1) is 0 Å². The number of Topliss-reactive ketones (excluding diaryl/α,β-unsaturated/α-hetero) is 1. The quantitative estimate of drug-likeness (QED) is 0.217. The summed E-state index contributed by atoms with van der Waals surface area (Å²) in [5.41, 5.74) is 9.20. The lowest BCUT2D eigenvalue weighted by Crippen LogP contribution is -2.50. The Morgan fingerprint density at radius 3 is 2.78 bits per heavy atom. The highest BCUT2D eigenvalue weighted by Gasteiger charge is 2.49. The highest BCUT2D eigenvalue weighted by atomic mass is 32.2. The number of halogens is 1. The predicted molar refractivity (Wildman–Crippen MR) is 139 cm³/mol. The number of carbonyl (C=O) groups excluding carboxylic acids is 1. The Morgan fingerprint density at radius 1 is 1.28 bits per heavy atom. The first-order chi connectivity index (χ1) is 17.4. The zero-order valence-corrected chi connectivity index (χ0v) is 20.8. The lowest BCUT2D eigenvalue weighted by atomic mass is 9.65. The molecule has 0 radical (unpaired) electrons. The fraction of sp³-hybridized carbons (Fsp3) is 0.269. The second-order valence-corrected chi connectivity index (χ2v) is 10.0. The number of carbonyl (C=O) groups is 1. The molecule has 3 heterocycles. The van der Waals surface area contributed by atoms with E-state index in [9.17, 15) is 9.18 Å². The first-order valence-corrected chi connectivity index (χ1v) is 12.6. The molecule has 0 saturated carbocycles. The van der Waals surface area contributed by atoms with Crippen LogP contribution < -0.4 is 11.6 Å². The van der Waals surface area contributed by atoms with Gasteiger partial charge in [0, 0.05) is 32.0 Å². The first-order valence-electron chi connectivity index (χ1n) is 11.8. The molecule has 4 N–H and O–H groups in total. The summed E-state index contributed by atoms with van der Waals surface area (Å²) in [7, 11) is 0. The third-order valence-electron chi connectivity index (χ3n) is 6.77. The number of hydrazine groups is 1. The average Bonchev–Trinajstić information content (AvgIpc) is 3.32. The topological polar surface area (TPSA) is 106 Å². The molecule has 2 aliphatic rings. The monoisotopic (exact) mass is 505 g/mol. The highest BCUT2D eigenvalue weighted by molar-refractivity contribution is 8.00. The van der Waals surface area contributed by atoms with Gasteiger partial charge in [0.25, 0.3) is 0 Å². The smallest absolute Gasteiger partial charge is 0.192 e. The van der Waals surface area contributed by atoms with Crippen LogP contribution in [0.5, 0.6) is 0 Å². The number of nitrogens with zero attached hydrogens (tertiary/aromatic N) is 5. The summed E-state index contributed by atoms with van der Waals surface area (Å²) in [5, 5.41) is 6.91. The van der Waals surface area contributed by atoms with E-state index >= 15 is 0 Å². The number of aromatic nitrogens is 3. The van der Waals surface area contributed by atoms with Gasteiger partial charge >= 0.3 is 0 Å². The number of ketones is 1. The summed E-state index contributed by atoms with van der Waals surface area (Å²) in [6, 6.07) is 11.6. The number of hydrogen-bond donors (Lipinski definition) is 2.